The Labute approximate surface area is 124 Å². The highest BCUT2D eigenvalue weighted by molar-refractivity contribution is 7.98. The molecule has 2 heterocycles. The Morgan fingerprint density at radius 3 is 2.60 bits per heavy atom. The van der Waals surface area contributed by atoms with Crippen LogP contribution in [-0.4, -0.2) is 9.97 Å². The normalized spacial score (nSPS) is 13.8. The van der Waals surface area contributed by atoms with Gasteiger partial charge in [-0.3, -0.25) is 0 Å². The van der Waals surface area contributed by atoms with Crippen LogP contribution in [-0.2, 0) is 17.9 Å². The molecule has 3 nitrogen and oxygen atoms in total. The van der Waals surface area contributed by atoms with E-state index in [1.807, 2.05) is 11.8 Å². The van der Waals surface area contributed by atoms with Gasteiger partial charge in [-0.05, 0) is 17.9 Å². The van der Waals surface area contributed by atoms with Crippen molar-refractivity contribution < 1.29 is 0 Å². The highest BCUT2D eigenvalue weighted by Gasteiger charge is 2.18. The van der Waals surface area contributed by atoms with Crippen LogP contribution in [0.4, 0.5) is 5.82 Å². The average molecular weight is 285 g/mol. The van der Waals surface area contributed by atoms with Crippen molar-refractivity contribution in [2.45, 2.75) is 31.8 Å². The molecule has 0 spiro atoms. The topological polar surface area (TPSA) is 51.8 Å². The Balaban J connectivity index is 1.91. The van der Waals surface area contributed by atoms with Crippen LogP contribution in [0, 0.1) is 5.92 Å². The molecule has 3 rings (SSSR count). The van der Waals surface area contributed by atoms with Crippen molar-refractivity contribution in [3.63, 3.8) is 0 Å². The minimum Gasteiger partial charge on any atom is -0.383 e. The maximum absolute atomic E-state index is 6.04. The van der Waals surface area contributed by atoms with Crippen LogP contribution in [0.1, 0.15) is 30.7 Å². The SMILES string of the molecule is CC(C)Cc1ccc(-c2nc(N)c3c(n2)CSC3)cc1. The van der Waals surface area contributed by atoms with Crippen LogP contribution >= 0.6 is 11.8 Å². The van der Waals surface area contributed by atoms with Crippen molar-refractivity contribution in [3.8, 4) is 11.4 Å². The Morgan fingerprint density at radius 2 is 1.90 bits per heavy atom. The summed E-state index contributed by atoms with van der Waals surface area (Å²) in [5.74, 6) is 3.95. The average Bonchev–Trinajstić information content (AvgIpc) is 2.87. The minimum absolute atomic E-state index is 0.640. The molecule has 2 aromatic rings. The second kappa shape index (κ2) is 5.44. The maximum atomic E-state index is 6.04. The van der Waals surface area contributed by atoms with Gasteiger partial charge in [0.25, 0.3) is 0 Å². The molecular formula is C16H19N3S. The highest BCUT2D eigenvalue weighted by atomic mass is 32.2. The molecule has 1 aliphatic rings. The van der Waals surface area contributed by atoms with Gasteiger partial charge in [-0.15, -0.1) is 0 Å². The van der Waals surface area contributed by atoms with Gasteiger partial charge >= 0.3 is 0 Å². The van der Waals surface area contributed by atoms with Crippen molar-refractivity contribution in [2.75, 3.05) is 5.73 Å². The number of thioether (sulfide) groups is 1. The lowest BCUT2D eigenvalue weighted by atomic mass is 10.0. The van der Waals surface area contributed by atoms with Crippen LogP contribution in [0.5, 0.6) is 0 Å². The third kappa shape index (κ3) is 2.66. The fourth-order valence-electron chi connectivity index (χ4n) is 2.47. The molecule has 1 aromatic carbocycles. The highest BCUT2D eigenvalue weighted by Crippen LogP contribution is 2.33. The van der Waals surface area contributed by atoms with E-state index in [0.29, 0.717) is 11.7 Å². The largest absolute Gasteiger partial charge is 0.383 e. The summed E-state index contributed by atoms with van der Waals surface area (Å²) in [6, 6.07) is 8.52. The van der Waals surface area contributed by atoms with Gasteiger partial charge < -0.3 is 5.73 Å². The number of hydrogen-bond acceptors (Lipinski definition) is 4. The number of aromatic nitrogens is 2. The first kappa shape index (κ1) is 13.4. The van der Waals surface area contributed by atoms with E-state index < -0.39 is 0 Å². The third-order valence-electron chi connectivity index (χ3n) is 3.47. The Hall–Kier alpha value is -1.55. The zero-order chi connectivity index (χ0) is 14.1. The summed E-state index contributed by atoms with van der Waals surface area (Å²) in [5, 5.41) is 0. The van der Waals surface area contributed by atoms with Gasteiger partial charge in [0.2, 0.25) is 0 Å². The molecule has 2 N–H and O–H groups in total. The summed E-state index contributed by atoms with van der Waals surface area (Å²) < 4.78 is 0. The van der Waals surface area contributed by atoms with Crippen molar-refractivity contribution in [2.24, 2.45) is 5.92 Å². The number of nitrogens with zero attached hydrogens (tertiary/aromatic N) is 2. The van der Waals surface area contributed by atoms with Gasteiger partial charge in [-0.1, -0.05) is 38.1 Å². The standard InChI is InChI=1S/C16H19N3S/c1-10(2)7-11-3-5-12(6-4-11)16-18-14-9-20-8-13(14)15(17)19-16/h3-6,10H,7-9H2,1-2H3,(H2,17,18,19). The lowest BCUT2D eigenvalue weighted by molar-refractivity contribution is 0.647. The van der Waals surface area contributed by atoms with E-state index in [0.717, 1.165) is 40.6 Å². The van der Waals surface area contributed by atoms with Gasteiger partial charge in [-0.2, -0.15) is 11.8 Å². The zero-order valence-corrected chi connectivity index (χ0v) is 12.7. The fraction of sp³-hybridized carbons (Fsp3) is 0.375. The number of fused-ring (bicyclic) bond motifs is 1. The second-order valence-corrected chi connectivity index (χ2v) is 6.63. The van der Waals surface area contributed by atoms with Gasteiger partial charge in [0.15, 0.2) is 5.82 Å². The lowest BCUT2D eigenvalue weighted by Crippen LogP contribution is -2.03. The van der Waals surface area contributed by atoms with E-state index >= 15 is 0 Å². The summed E-state index contributed by atoms with van der Waals surface area (Å²) >= 11 is 1.85. The van der Waals surface area contributed by atoms with E-state index in [9.17, 15) is 0 Å². The Morgan fingerprint density at radius 1 is 1.15 bits per heavy atom. The first-order valence-corrected chi connectivity index (χ1v) is 8.11. The van der Waals surface area contributed by atoms with Crippen LogP contribution < -0.4 is 5.73 Å². The molecule has 0 saturated heterocycles. The van der Waals surface area contributed by atoms with E-state index in [-0.39, 0.29) is 0 Å². The van der Waals surface area contributed by atoms with Crippen molar-refractivity contribution in [1.29, 1.82) is 0 Å². The maximum Gasteiger partial charge on any atom is 0.161 e. The van der Waals surface area contributed by atoms with Crippen molar-refractivity contribution in [3.05, 3.63) is 41.1 Å². The molecule has 0 bridgehead atoms. The number of rotatable bonds is 3. The predicted molar refractivity (Wildman–Crippen MR) is 85.4 cm³/mol. The molecular weight excluding hydrogens is 266 g/mol. The Bertz CT molecular complexity index is 620. The first-order valence-electron chi connectivity index (χ1n) is 6.96. The smallest absolute Gasteiger partial charge is 0.161 e. The molecule has 0 atom stereocenters. The number of benzene rings is 1. The monoisotopic (exact) mass is 285 g/mol. The molecule has 0 unspecified atom stereocenters. The molecule has 4 heteroatoms. The molecule has 0 radical (unpaired) electrons. The molecule has 0 aliphatic carbocycles. The number of nitrogens with two attached hydrogens (primary N) is 1. The summed E-state index contributed by atoms with van der Waals surface area (Å²) in [7, 11) is 0. The van der Waals surface area contributed by atoms with E-state index in [4.69, 9.17) is 5.73 Å². The number of hydrogen-bond donors (Lipinski definition) is 1. The summed E-state index contributed by atoms with van der Waals surface area (Å²) in [4.78, 5) is 9.12. The van der Waals surface area contributed by atoms with Gasteiger partial charge in [0.1, 0.15) is 5.82 Å². The van der Waals surface area contributed by atoms with Gasteiger partial charge in [0, 0.05) is 22.6 Å². The quantitative estimate of drug-likeness (QED) is 0.935. The summed E-state index contributed by atoms with van der Waals surface area (Å²) in [5.41, 5.74) is 10.7. The van der Waals surface area contributed by atoms with E-state index in [1.165, 1.54) is 5.56 Å². The van der Waals surface area contributed by atoms with E-state index in [1.54, 1.807) is 0 Å². The fourth-order valence-corrected chi connectivity index (χ4v) is 3.52. The van der Waals surface area contributed by atoms with Crippen LogP contribution in [0.3, 0.4) is 0 Å². The Kier molecular flexibility index (Phi) is 3.66. The number of anilines is 1. The molecule has 1 aliphatic heterocycles. The van der Waals surface area contributed by atoms with Crippen molar-refractivity contribution >= 4 is 17.6 Å². The van der Waals surface area contributed by atoms with Crippen LogP contribution in [0.2, 0.25) is 0 Å². The minimum atomic E-state index is 0.640. The van der Waals surface area contributed by atoms with Crippen LogP contribution in [0.15, 0.2) is 24.3 Å². The van der Waals surface area contributed by atoms with Crippen LogP contribution in [0.25, 0.3) is 11.4 Å². The molecule has 20 heavy (non-hydrogen) atoms. The third-order valence-corrected chi connectivity index (χ3v) is 4.44. The molecule has 0 fully saturated rings. The molecule has 0 saturated carbocycles. The second-order valence-electron chi connectivity index (χ2n) is 5.65. The molecule has 104 valence electrons. The predicted octanol–water partition coefficient (Wildman–Crippen LogP) is 3.67. The lowest BCUT2D eigenvalue weighted by Gasteiger charge is -2.08. The van der Waals surface area contributed by atoms with E-state index in [2.05, 4.69) is 48.1 Å². The number of nitrogen functional groups attached to an aromatic ring is 1. The summed E-state index contributed by atoms with van der Waals surface area (Å²) in [6.45, 7) is 4.46. The van der Waals surface area contributed by atoms with Gasteiger partial charge in [0.05, 0.1) is 5.69 Å². The summed E-state index contributed by atoms with van der Waals surface area (Å²) in [6.07, 6.45) is 1.10. The molecule has 1 aromatic heterocycles. The molecule has 0 amide bonds. The first-order chi connectivity index (χ1) is 9.63. The van der Waals surface area contributed by atoms with Crippen molar-refractivity contribution in [1.82, 2.24) is 9.97 Å². The van der Waals surface area contributed by atoms with Gasteiger partial charge in [-0.25, -0.2) is 9.97 Å². The zero-order valence-electron chi connectivity index (χ0n) is 11.9.